The first-order valence-electron chi connectivity index (χ1n) is 5.41. The number of ether oxygens (including phenoxy) is 1. The van der Waals surface area contributed by atoms with Crippen molar-refractivity contribution in [1.29, 1.82) is 0 Å². The molecule has 2 rings (SSSR count). The minimum Gasteiger partial charge on any atom is -1.00 e. The van der Waals surface area contributed by atoms with Gasteiger partial charge in [-0.3, -0.25) is 4.79 Å². The molecule has 0 saturated carbocycles. The lowest BCUT2D eigenvalue weighted by molar-refractivity contribution is -0.687. The van der Waals surface area contributed by atoms with Gasteiger partial charge >= 0.3 is 0 Å². The monoisotopic (exact) mass is 310 g/mol. The van der Waals surface area contributed by atoms with Gasteiger partial charge in [0.25, 0.3) is 5.82 Å². The van der Waals surface area contributed by atoms with E-state index in [-0.39, 0.29) is 22.8 Å². The number of aryl methyl sites for hydroxylation is 1. The molecule has 0 atom stereocenters. The molecule has 0 spiro atoms. The number of aromatic nitrogens is 2. The lowest BCUT2D eigenvalue weighted by atomic mass is 10.1. The predicted octanol–water partition coefficient (Wildman–Crippen LogP) is -1.49. The molecule has 1 heterocycles. The van der Waals surface area contributed by atoms with Gasteiger partial charge < -0.3 is 21.7 Å². The molecule has 0 amide bonds. The van der Waals surface area contributed by atoms with Crippen molar-refractivity contribution in [3.8, 4) is 5.75 Å². The van der Waals surface area contributed by atoms with Crippen molar-refractivity contribution in [2.75, 3.05) is 7.11 Å². The molecule has 5 heteroatoms. The number of carbonyl (C=O) groups excluding carboxylic acids is 1. The van der Waals surface area contributed by atoms with Crippen LogP contribution in [-0.4, -0.2) is 17.9 Å². The summed E-state index contributed by atoms with van der Waals surface area (Å²) in [6, 6.07) is 7.20. The number of nitrogens with zero attached hydrogens (tertiary/aromatic N) is 1. The van der Waals surface area contributed by atoms with Crippen molar-refractivity contribution in [1.82, 2.24) is 4.98 Å². The number of nitrogens with one attached hydrogen (secondary N) is 1. The van der Waals surface area contributed by atoms with E-state index in [0.29, 0.717) is 17.9 Å². The normalized spacial score (nSPS) is 9.67. The summed E-state index contributed by atoms with van der Waals surface area (Å²) in [6.07, 6.45) is 3.67. The van der Waals surface area contributed by atoms with E-state index in [2.05, 4.69) is 4.98 Å². The van der Waals surface area contributed by atoms with Crippen LogP contribution in [-0.2, 0) is 6.54 Å². The van der Waals surface area contributed by atoms with Crippen molar-refractivity contribution < 1.29 is 31.1 Å². The molecule has 0 aliphatic rings. The maximum atomic E-state index is 12.0. The number of carbonyl (C=O) groups is 1. The molecule has 0 aliphatic carbocycles. The van der Waals surface area contributed by atoms with Gasteiger partial charge in [-0.25, -0.2) is 9.55 Å². The van der Waals surface area contributed by atoms with E-state index in [1.807, 2.05) is 36.0 Å². The summed E-state index contributed by atoms with van der Waals surface area (Å²) < 4.78 is 6.98. The van der Waals surface area contributed by atoms with Crippen LogP contribution in [0.1, 0.15) is 16.2 Å². The summed E-state index contributed by atoms with van der Waals surface area (Å²) >= 11 is 0. The average Bonchev–Trinajstić information content (AvgIpc) is 2.75. The van der Waals surface area contributed by atoms with E-state index in [9.17, 15) is 4.79 Å². The first-order valence-corrected chi connectivity index (χ1v) is 5.41. The Morgan fingerprint density at radius 2 is 2.22 bits per heavy atom. The van der Waals surface area contributed by atoms with Gasteiger partial charge in [-0.05, 0) is 12.1 Å². The van der Waals surface area contributed by atoms with Crippen molar-refractivity contribution in [2.24, 2.45) is 0 Å². The van der Waals surface area contributed by atoms with E-state index in [1.165, 1.54) is 0 Å². The molecule has 0 saturated heterocycles. The van der Waals surface area contributed by atoms with Crippen LogP contribution in [0, 0.1) is 6.92 Å². The fourth-order valence-electron chi connectivity index (χ4n) is 1.66. The van der Waals surface area contributed by atoms with Crippen LogP contribution in [0.15, 0.2) is 36.7 Å². The smallest absolute Gasteiger partial charge is 0.251 e. The van der Waals surface area contributed by atoms with Crippen LogP contribution in [0.4, 0.5) is 0 Å². The number of halogens is 1. The van der Waals surface area contributed by atoms with E-state index in [1.54, 1.807) is 19.2 Å². The third-order valence-electron chi connectivity index (χ3n) is 2.68. The number of Topliss-reactive ketones (excluding diaryl/α,β-unsaturated/α-hetero) is 1. The summed E-state index contributed by atoms with van der Waals surface area (Å²) in [4.78, 5) is 15.1. The standard InChI is InChI=1S/C13H14N2O2.BrH/c1-10-14-6-7-15(10)9-13(16)11-4-3-5-12(8-11)17-2;/h3-8H,9H2,1-2H3;1H. The highest BCUT2D eigenvalue weighted by atomic mass is 79.9. The second-order valence-corrected chi connectivity index (χ2v) is 3.83. The van der Waals surface area contributed by atoms with Crippen molar-refractivity contribution in [2.45, 2.75) is 13.5 Å². The third-order valence-corrected chi connectivity index (χ3v) is 2.68. The van der Waals surface area contributed by atoms with E-state index >= 15 is 0 Å². The lowest BCUT2D eigenvalue weighted by Crippen LogP contribution is -3.00. The molecule has 1 aromatic heterocycles. The Morgan fingerprint density at radius 3 is 2.83 bits per heavy atom. The molecule has 0 bridgehead atoms. The van der Waals surface area contributed by atoms with E-state index in [0.717, 1.165) is 5.82 Å². The Bertz CT molecular complexity index is 537. The molecule has 1 aromatic carbocycles. The molecule has 0 unspecified atom stereocenters. The number of rotatable bonds is 4. The molecular formula is C13H15BrN2O2. The number of methoxy groups -OCH3 is 1. The van der Waals surface area contributed by atoms with Gasteiger partial charge in [-0.15, -0.1) is 0 Å². The summed E-state index contributed by atoms with van der Waals surface area (Å²) in [6.45, 7) is 2.27. The van der Waals surface area contributed by atoms with Crippen molar-refractivity contribution in [3.63, 3.8) is 0 Å². The van der Waals surface area contributed by atoms with Crippen molar-refractivity contribution in [3.05, 3.63) is 48.0 Å². The Kier molecular flexibility index (Phi) is 5.09. The van der Waals surface area contributed by atoms with E-state index < -0.39 is 0 Å². The Morgan fingerprint density at radius 1 is 1.44 bits per heavy atom. The first-order chi connectivity index (χ1) is 8.20. The number of benzene rings is 1. The summed E-state index contributed by atoms with van der Waals surface area (Å²) in [5, 5.41) is 0. The molecule has 0 aliphatic heterocycles. The zero-order chi connectivity index (χ0) is 12.3. The van der Waals surface area contributed by atoms with Gasteiger partial charge in [0.1, 0.15) is 18.1 Å². The highest BCUT2D eigenvalue weighted by molar-refractivity contribution is 5.95. The summed E-state index contributed by atoms with van der Waals surface area (Å²) in [5.74, 6) is 1.73. The molecule has 18 heavy (non-hydrogen) atoms. The fourth-order valence-corrected chi connectivity index (χ4v) is 1.66. The van der Waals surface area contributed by atoms with Crippen LogP contribution in [0.3, 0.4) is 0 Å². The quantitative estimate of drug-likeness (QED) is 0.552. The third kappa shape index (κ3) is 3.20. The zero-order valence-corrected chi connectivity index (χ0v) is 11.9. The number of H-pyrrole nitrogens is 1. The average molecular weight is 311 g/mol. The fraction of sp³-hybridized carbons (Fsp3) is 0.231. The maximum absolute atomic E-state index is 12.0. The first kappa shape index (κ1) is 14.4. The second-order valence-electron chi connectivity index (χ2n) is 3.83. The Balaban J connectivity index is 0.00000162. The number of imidazole rings is 1. The maximum Gasteiger partial charge on any atom is 0.251 e. The number of hydrogen-bond acceptors (Lipinski definition) is 2. The van der Waals surface area contributed by atoms with Crippen LogP contribution in [0.5, 0.6) is 5.75 Å². The van der Waals surface area contributed by atoms with Crippen LogP contribution in [0.2, 0.25) is 0 Å². The molecule has 0 radical (unpaired) electrons. The zero-order valence-electron chi connectivity index (χ0n) is 10.3. The molecular weight excluding hydrogens is 296 g/mol. The van der Waals surface area contributed by atoms with Gasteiger partial charge in [0.2, 0.25) is 5.78 Å². The van der Waals surface area contributed by atoms with Crippen LogP contribution in [0.25, 0.3) is 0 Å². The van der Waals surface area contributed by atoms with Gasteiger partial charge in [0.15, 0.2) is 6.54 Å². The van der Waals surface area contributed by atoms with E-state index in [4.69, 9.17) is 4.74 Å². The number of hydrogen-bond donors (Lipinski definition) is 1. The summed E-state index contributed by atoms with van der Waals surface area (Å²) in [5.41, 5.74) is 0.664. The highest BCUT2D eigenvalue weighted by Crippen LogP contribution is 2.12. The van der Waals surface area contributed by atoms with Gasteiger partial charge in [-0.2, -0.15) is 0 Å². The topological polar surface area (TPSA) is 46.0 Å². The largest absolute Gasteiger partial charge is 1.00 e. The van der Waals surface area contributed by atoms with Crippen LogP contribution >= 0.6 is 0 Å². The van der Waals surface area contributed by atoms with Crippen LogP contribution < -0.4 is 26.3 Å². The molecule has 4 nitrogen and oxygen atoms in total. The highest BCUT2D eigenvalue weighted by Gasteiger charge is 2.13. The van der Waals surface area contributed by atoms with Crippen molar-refractivity contribution >= 4 is 5.78 Å². The number of aromatic amines is 1. The predicted molar refractivity (Wildman–Crippen MR) is 63.0 cm³/mol. The lowest BCUT2D eigenvalue weighted by Gasteiger charge is -2.02. The Hall–Kier alpha value is -1.62. The second kappa shape index (κ2) is 6.35. The van der Waals surface area contributed by atoms with Gasteiger partial charge in [0.05, 0.1) is 7.11 Å². The Labute approximate surface area is 116 Å². The number of ketones is 1. The SMILES string of the molecule is COc1cccc(C(=O)C[n+]2cc[nH]c2C)c1.[Br-]. The molecule has 2 aromatic rings. The summed E-state index contributed by atoms with van der Waals surface area (Å²) in [7, 11) is 1.59. The van der Waals surface area contributed by atoms with Gasteiger partial charge in [-0.1, -0.05) is 12.1 Å². The van der Waals surface area contributed by atoms with Gasteiger partial charge in [0, 0.05) is 12.5 Å². The molecule has 1 N–H and O–H groups in total. The minimum absolute atomic E-state index is 0. The minimum atomic E-state index is 0. The molecule has 96 valence electrons. The molecule has 0 fully saturated rings.